The normalized spacial score (nSPS) is 10.6. The Kier molecular flexibility index (Phi) is 6.33. The smallest absolute Gasteiger partial charge is 0.305 e. The van der Waals surface area contributed by atoms with E-state index in [9.17, 15) is 4.79 Å². The average molecular weight is 319 g/mol. The number of benzene rings is 1. The van der Waals surface area contributed by atoms with Crippen molar-refractivity contribution < 1.29 is 9.53 Å². The van der Waals surface area contributed by atoms with E-state index in [0.717, 1.165) is 35.1 Å². The zero-order valence-corrected chi connectivity index (χ0v) is 13.5. The minimum absolute atomic E-state index is 0.139. The van der Waals surface area contributed by atoms with Gasteiger partial charge in [0, 0.05) is 35.9 Å². The molecule has 0 amide bonds. The number of imidazole rings is 1. The molecule has 0 saturated heterocycles. The summed E-state index contributed by atoms with van der Waals surface area (Å²) < 4.78 is 7.02. The molecule has 0 radical (unpaired) electrons. The highest BCUT2D eigenvalue weighted by atomic mass is 32.2. The predicted molar refractivity (Wildman–Crippen MR) is 88.5 cm³/mol. The Bertz CT molecular complexity index is 596. The van der Waals surface area contributed by atoms with Crippen molar-refractivity contribution in [2.24, 2.45) is 0 Å². The summed E-state index contributed by atoms with van der Waals surface area (Å²) >= 11 is 1.72. The maximum absolute atomic E-state index is 11.3. The van der Waals surface area contributed by atoms with Crippen LogP contribution in [-0.4, -0.2) is 22.1 Å². The number of hydrogen-bond acceptors (Lipinski definition) is 5. The largest absolute Gasteiger partial charge is 0.466 e. The van der Waals surface area contributed by atoms with Gasteiger partial charge in [0.25, 0.3) is 0 Å². The lowest BCUT2D eigenvalue weighted by atomic mass is 10.3. The number of anilines is 1. The number of rotatable bonds is 8. The lowest BCUT2D eigenvalue weighted by Gasteiger charge is -2.08. The van der Waals surface area contributed by atoms with Gasteiger partial charge in [-0.25, -0.2) is 4.98 Å². The number of carbonyl (C=O) groups is 1. The number of aryl methyl sites for hydroxylation is 1. The maximum Gasteiger partial charge on any atom is 0.305 e. The molecule has 0 spiro atoms. The number of aromatic nitrogens is 2. The molecule has 0 saturated carbocycles. The standard InChI is InChI=1S/C16H21N3O2S/c1-2-21-16(20)4-3-10-19-11-9-18-15(19)12-22-14-7-5-13(17)6-8-14/h5-9,11H,2-4,10,12,17H2,1H3. The first-order valence-corrected chi connectivity index (χ1v) is 8.31. The van der Waals surface area contributed by atoms with Crippen LogP contribution in [0.25, 0.3) is 0 Å². The molecule has 22 heavy (non-hydrogen) atoms. The van der Waals surface area contributed by atoms with Crippen molar-refractivity contribution in [2.75, 3.05) is 12.3 Å². The van der Waals surface area contributed by atoms with Crippen LogP contribution < -0.4 is 5.73 Å². The van der Waals surface area contributed by atoms with Gasteiger partial charge in [-0.05, 0) is 37.6 Å². The van der Waals surface area contributed by atoms with Gasteiger partial charge in [0.2, 0.25) is 0 Å². The van der Waals surface area contributed by atoms with E-state index in [4.69, 9.17) is 10.5 Å². The number of ether oxygens (including phenoxy) is 1. The summed E-state index contributed by atoms with van der Waals surface area (Å²) in [6, 6.07) is 7.81. The summed E-state index contributed by atoms with van der Waals surface area (Å²) in [6.07, 6.45) is 4.94. The van der Waals surface area contributed by atoms with E-state index in [1.807, 2.05) is 37.4 Å². The van der Waals surface area contributed by atoms with E-state index in [2.05, 4.69) is 9.55 Å². The number of esters is 1. The Hall–Kier alpha value is -1.95. The molecule has 0 fully saturated rings. The molecule has 1 heterocycles. The number of nitrogens with two attached hydrogens (primary N) is 1. The molecular formula is C16H21N3O2S. The quantitative estimate of drug-likeness (QED) is 0.460. The Labute approximate surface area is 134 Å². The zero-order chi connectivity index (χ0) is 15.8. The lowest BCUT2D eigenvalue weighted by Crippen LogP contribution is -2.07. The topological polar surface area (TPSA) is 70.1 Å². The number of thioether (sulfide) groups is 1. The van der Waals surface area contributed by atoms with Crippen molar-refractivity contribution in [3.63, 3.8) is 0 Å². The molecule has 2 aromatic rings. The molecule has 0 unspecified atom stereocenters. The van der Waals surface area contributed by atoms with E-state index in [-0.39, 0.29) is 5.97 Å². The summed E-state index contributed by atoms with van der Waals surface area (Å²) in [5, 5.41) is 0. The second kappa shape index (κ2) is 8.48. The van der Waals surface area contributed by atoms with Crippen molar-refractivity contribution in [1.29, 1.82) is 0 Å². The monoisotopic (exact) mass is 319 g/mol. The molecule has 118 valence electrons. The number of nitrogens with zero attached hydrogens (tertiary/aromatic N) is 2. The van der Waals surface area contributed by atoms with E-state index >= 15 is 0 Å². The Morgan fingerprint density at radius 3 is 2.86 bits per heavy atom. The highest BCUT2D eigenvalue weighted by molar-refractivity contribution is 7.98. The molecule has 0 aliphatic carbocycles. The van der Waals surface area contributed by atoms with Gasteiger partial charge in [-0.3, -0.25) is 4.79 Å². The van der Waals surface area contributed by atoms with Crippen LogP contribution in [0.1, 0.15) is 25.6 Å². The summed E-state index contributed by atoms with van der Waals surface area (Å²) in [5.41, 5.74) is 6.45. The summed E-state index contributed by atoms with van der Waals surface area (Å²) in [6.45, 7) is 3.03. The Balaban J connectivity index is 1.81. The summed E-state index contributed by atoms with van der Waals surface area (Å²) in [7, 11) is 0. The molecule has 1 aromatic carbocycles. The molecule has 5 nitrogen and oxygen atoms in total. The van der Waals surface area contributed by atoms with Crippen LogP contribution >= 0.6 is 11.8 Å². The van der Waals surface area contributed by atoms with Gasteiger partial charge in [0.1, 0.15) is 5.82 Å². The van der Waals surface area contributed by atoms with Crippen LogP contribution in [0, 0.1) is 0 Å². The summed E-state index contributed by atoms with van der Waals surface area (Å²) in [4.78, 5) is 16.9. The second-order valence-corrected chi connectivity index (χ2v) is 5.85. The first kappa shape index (κ1) is 16.4. The van der Waals surface area contributed by atoms with E-state index in [1.165, 1.54) is 0 Å². The molecule has 0 aliphatic rings. The molecule has 0 bridgehead atoms. The van der Waals surface area contributed by atoms with Gasteiger partial charge >= 0.3 is 5.97 Å². The zero-order valence-electron chi connectivity index (χ0n) is 12.7. The minimum atomic E-state index is -0.139. The fourth-order valence-corrected chi connectivity index (χ4v) is 2.89. The van der Waals surface area contributed by atoms with Gasteiger partial charge in [-0.2, -0.15) is 0 Å². The second-order valence-electron chi connectivity index (χ2n) is 4.80. The number of carbonyl (C=O) groups excluding carboxylic acids is 1. The van der Waals surface area contributed by atoms with Crippen molar-refractivity contribution in [3.8, 4) is 0 Å². The van der Waals surface area contributed by atoms with Crippen LogP contribution in [0.2, 0.25) is 0 Å². The fourth-order valence-electron chi connectivity index (χ4n) is 2.02. The molecule has 0 atom stereocenters. The number of nitrogen functional groups attached to an aromatic ring is 1. The fraction of sp³-hybridized carbons (Fsp3) is 0.375. The van der Waals surface area contributed by atoms with E-state index < -0.39 is 0 Å². The first-order valence-electron chi connectivity index (χ1n) is 7.33. The van der Waals surface area contributed by atoms with Crippen molar-refractivity contribution in [1.82, 2.24) is 9.55 Å². The van der Waals surface area contributed by atoms with Gasteiger partial charge in [-0.1, -0.05) is 0 Å². The van der Waals surface area contributed by atoms with Crippen LogP contribution in [-0.2, 0) is 21.8 Å². The SMILES string of the molecule is CCOC(=O)CCCn1ccnc1CSc1ccc(N)cc1. The highest BCUT2D eigenvalue weighted by Crippen LogP contribution is 2.23. The number of hydrogen-bond donors (Lipinski definition) is 1. The third-order valence-corrected chi connectivity index (χ3v) is 4.14. The van der Waals surface area contributed by atoms with Gasteiger partial charge in [0.05, 0.1) is 12.4 Å². The Morgan fingerprint density at radius 2 is 2.14 bits per heavy atom. The van der Waals surface area contributed by atoms with Gasteiger partial charge < -0.3 is 15.0 Å². The molecule has 1 aromatic heterocycles. The predicted octanol–water partition coefficient (Wildman–Crippen LogP) is 3.10. The van der Waals surface area contributed by atoms with Crippen molar-refractivity contribution in [2.45, 2.75) is 37.0 Å². The van der Waals surface area contributed by atoms with Crippen LogP contribution in [0.15, 0.2) is 41.6 Å². The highest BCUT2D eigenvalue weighted by Gasteiger charge is 2.06. The van der Waals surface area contributed by atoms with Crippen LogP contribution in [0.5, 0.6) is 0 Å². The van der Waals surface area contributed by atoms with Crippen LogP contribution in [0.4, 0.5) is 5.69 Å². The maximum atomic E-state index is 11.3. The third kappa shape index (κ3) is 5.11. The Morgan fingerprint density at radius 1 is 1.36 bits per heavy atom. The van der Waals surface area contributed by atoms with Crippen molar-refractivity contribution in [3.05, 3.63) is 42.5 Å². The summed E-state index contributed by atoms with van der Waals surface area (Å²) in [5.74, 6) is 1.65. The van der Waals surface area contributed by atoms with Gasteiger partial charge in [0.15, 0.2) is 0 Å². The van der Waals surface area contributed by atoms with E-state index in [1.54, 1.807) is 18.0 Å². The lowest BCUT2D eigenvalue weighted by molar-refractivity contribution is -0.143. The molecule has 6 heteroatoms. The van der Waals surface area contributed by atoms with E-state index in [0.29, 0.717) is 13.0 Å². The van der Waals surface area contributed by atoms with Crippen molar-refractivity contribution >= 4 is 23.4 Å². The van der Waals surface area contributed by atoms with Gasteiger partial charge in [-0.15, -0.1) is 11.8 Å². The molecule has 0 aliphatic heterocycles. The molecular weight excluding hydrogens is 298 g/mol. The molecule has 2 rings (SSSR count). The minimum Gasteiger partial charge on any atom is -0.466 e. The van der Waals surface area contributed by atoms with Crippen LogP contribution in [0.3, 0.4) is 0 Å². The first-order chi connectivity index (χ1) is 10.7. The third-order valence-electron chi connectivity index (χ3n) is 3.13. The molecule has 2 N–H and O–H groups in total. The average Bonchev–Trinajstić information content (AvgIpc) is 2.94.